The molecule has 2 aliphatic carbocycles. The van der Waals surface area contributed by atoms with Gasteiger partial charge in [0.05, 0.1) is 0 Å². The molecule has 0 radical (unpaired) electrons. The molecule has 0 N–H and O–H groups in total. The molecule has 0 unspecified atom stereocenters. The van der Waals surface area contributed by atoms with Crippen molar-refractivity contribution in [2.24, 2.45) is 0 Å². The van der Waals surface area contributed by atoms with Crippen molar-refractivity contribution >= 4 is 22.9 Å². The van der Waals surface area contributed by atoms with Crippen molar-refractivity contribution in [3.05, 3.63) is 94.4 Å². The van der Waals surface area contributed by atoms with Gasteiger partial charge in [0, 0.05) is 0 Å². The Morgan fingerprint density at radius 1 is 0.520 bits per heavy atom. The number of benzene rings is 4. The summed E-state index contributed by atoms with van der Waals surface area (Å²) in [6.45, 7) is 0. The zero-order valence-electron chi connectivity index (χ0n) is 13.8. The summed E-state index contributed by atoms with van der Waals surface area (Å²) in [5.41, 5.74) is 8.22. The van der Waals surface area contributed by atoms with Gasteiger partial charge in [0.25, 0.3) is 0 Å². The molecule has 4 aromatic carbocycles. The summed E-state index contributed by atoms with van der Waals surface area (Å²) in [5, 5.41) is 5.50. The van der Waals surface area contributed by atoms with Crippen LogP contribution in [0.15, 0.2) is 72.8 Å². The van der Waals surface area contributed by atoms with E-state index in [1.165, 1.54) is 54.6 Å². The quantitative estimate of drug-likeness (QED) is 0.390. The van der Waals surface area contributed by atoms with Gasteiger partial charge in [-0.2, -0.15) is 0 Å². The van der Waals surface area contributed by atoms with Crippen LogP contribution in [-0.2, 0) is 6.42 Å². The van der Waals surface area contributed by atoms with Crippen molar-refractivity contribution in [1.29, 1.82) is 0 Å². The van der Waals surface area contributed by atoms with Crippen LogP contribution in [0.3, 0.4) is 0 Å². The first-order valence-corrected chi connectivity index (χ1v) is 8.85. The van der Waals surface area contributed by atoms with Crippen molar-refractivity contribution < 1.29 is 0 Å². The second-order valence-electron chi connectivity index (χ2n) is 6.95. The molecule has 0 atom stereocenters. The third kappa shape index (κ3) is 1.71. The lowest BCUT2D eigenvalue weighted by molar-refractivity contribution is 1.30. The molecular formula is C25H16. The van der Waals surface area contributed by atoms with Crippen LogP contribution >= 0.6 is 0 Å². The first kappa shape index (κ1) is 13.2. The fourth-order valence-electron chi connectivity index (χ4n) is 4.49. The zero-order chi connectivity index (χ0) is 16.4. The maximum Gasteiger partial charge on any atom is -0.00818 e. The van der Waals surface area contributed by atoms with Crippen LogP contribution in [-0.4, -0.2) is 0 Å². The predicted molar refractivity (Wildman–Crippen MR) is 106 cm³/mol. The average molecular weight is 316 g/mol. The molecule has 4 aromatic rings. The smallest absolute Gasteiger partial charge is 0.00818 e. The van der Waals surface area contributed by atoms with E-state index in [0.717, 1.165) is 6.42 Å². The Kier molecular flexibility index (Phi) is 2.48. The van der Waals surface area contributed by atoms with Crippen molar-refractivity contribution in [2.75, 3.05) is 0 Å². The van der Waals surface area contributed by atoms with E-state index in [0.29, 0.717) is 0 Å². The molecule has 0 spiro atoms. The fourth-order valence-corrected chi connectivity index (χ4v) is 4.49. The monoisotopic (exact) mass is 316 g/mol. The third-order valence-corrected chi connectivity index (χ3v) is 5.67. The fraction of sp³-hybridized carbons (Fsp3) is 0.0400. The van der Waals surface area contributed by atoms with Crippen molar-refractivity contribution in [3.63, 3.8) is 0 Å². The van der Waals surface area contributed by atoms with E-state index in [9.17, 15) is 0 Å². The molecule has 0 heteroatoms. The van der Waals surface area contributed by atoms with Gasteiger partial charge in [-0.15, -0.1) is 0 Å². The van der Waals surface area contributed by atoms with E-state index in [2.05, 4.69) is 84.9 Å². The SMILES string of the molecule is C1=c2c(ccc3c4c(ccc23)-c2ccccc2CC=4)-c2ccccc21. The molecule has 0 aromatic heterocycles. The third-order valence-electron chi connectivity index (χ3n) is 5.67. The number of rotatable bonds is 0. The predicted octanol–water partition coefficient (Wildman–Crippen LogP) is 4.65. The van der Waals surface area contributed by atoms with Crippen molar-refractivity contribution in [1.82, 2.24) is 0 Å². The summed E-state index contributed by atoms with van der Waals surface area (Å²) in [4.78, 5) is 0. The minimum absolute atomic E-state index is 1.02. The van der Waals surface area contributed by atoms with Crippen LogP contribution in [0.25, 0.3) is 45.2 Å². The summed E-state index contributed by atoms with van der Waals surface area (Å²) < 4.78 is 0. The largest absolute Gasteiger partial charge is 0.0716 e. The maximum atomic E-state index is 2.40. The molecule has 116 valence electrons. The van der Waals surface area contributed by atoms with Crippen molar-refractivity contribution in [3.8, 4) is 22.3 Å². The summed E-state index contributed by atoms with van der Waals surface area (Å²) >= 11 is 0. The first-order valence-electron chi connectivity index (χ1n) is 8.85. The Morgan fingerprint density at radius 3 is 2.08 bits per heavy atom. The van der Waals surface area contributed by atoms with Gasteiger partial charge in [0.1, 0.15) is 0 Å². The Bertz CT molecular complexity index is 1310. The van der Waals surface area contributed by atoms with Crippen LogP contribution in [0.4, 0.5) is 0 Å². The molecule has 25 heavy (non-hydrogen) atoms. The number of hydrogen-bond donors (Lipinski definition) is 0. The van der Waals surface area contributed by atoms with Crippen LogP contribution in [0, 0.1) is 0 Å². The van der Waals surface area contributed by atoms with Crippen molar-refractivity contribution in [2.45, 2.75) is 6.42 Å². The number of fused-ring (bicyclic) bond motifs is 9. The normalized spacial score (nSPS) is 13.3. The van der Waals surface area contributed by atoms with E-state index in [4.69, 9.17) is 0 Å². The van der Waals surface area contributed by atoms with E-state index < -0.39 is 0 Å². The molecule has 0 amide bonds. The van der Waals surface area contributed by atoms with Gasteiger partial charge >= 0.3 is 0 Å². The molecule has 0 saturated heterocycles. The highest BCUT2D eigenvalue weighted by atomic mass is 14.2. The Morgan fingerprint density at radius 2 is 1.20 bits per heavy atom. The summed E-state index contributed by atoms with van der Waals surface area (Å²) in [5.74, 6) is 0. The van der Waals surface area contributed by atoms with E-state index >= 15 is 0 Å². The second kappa shape index (κ2) is 4.70. The Balaban J connectivity index is 1.72. The molecule has 6 rings (SSSR count). The highest BCUT2D eigenvalue weighted by Crippen LogP contribution is 2.30. The summed E-state index contributed by atoms with van der Waals surface area (Å²) in [6.07, 6.45) is 5.76. The lowest BCUT2D eigenvalue weighted by atomic mass is 9.88. The van der Waals surface area contributed by atoms with E-state index in [1.807, 2.05) is 0 Å². The van der Waals surface area contributed by atoms with Gasteiger partial charge < -0.3 is 0 Å². The van der Waals surface area contributed by atoms with Gasteiger partial charge in [-0.3, -0.25) is 0 Å². The van der Waals surface area contributed by atoms with Crippen LogP contribution in [0.2, 0.25) is 0 Å². The molecule has 0 fully saturated rings. The zero-order valence-corrected chi connectivity index (χ0v) is 13.8. The molecule has 0 nitrogen and oxygen atoms in total. The highest BCUT2D eigenvalue weighted by Gasteiger charge is 2.16. The van der Waals surface area contributed by atoms with Crippen LogP contribution in [0.5, 0.6) is 0 Å². The summed E-state index contributed by atoms with van der Waals surface area (Å²) in [6, 6.07) is 26.7. The highest BCUT2D eigenvalue weighted by molar-refractivity contribution is 5.98. The van der Waals surface area contributed by atoms with Gasteiger partial charge in [-0.05, 0) is 67.1 Å². The first-order chi connectivity index (χ1) is 12.4. The number of hydrogen-bond acceptors (Lipinski definition) is 0. The van der Waals surface area contributed by atoms with Crippen LogP contribution < -0.4 is 10.4 Å². The molecule has 2 aliphatic rings. The van der Waals surface area contributed by atoms with Crippen LogP contribution in [0.1, 0.15) is 11.1 Å². The van der Waals surface area contributed by atoms with Gasteiger partial charge in [-0.1, -0.05) is 78.9 Å². The standard InChI is InChI=1S/C25H16/c1-3-7-18-16(5-1)9-10-22-20(18)11-14-24-23(22)13-12-21-19-8-4-2-6-17(19)15-25(21)24/h1-8,10-15H,9H2. The molecule has 0 heterocycles. The minimum atomic E-state index is 1.02. The summed E-state index contributed by atoms with van der Waals surface area (Å²) in [7, 11) is 0. The molecule has 0 bridgehead atoms. The topological polar surface area (TPSA) is 0 Å². The van der Waals surface area contributed by atoms with E-state index in [-0.39, 0.29) is 0 Å². The van der Waals surface area contributed by atoms with E-state index in [1.54, 1.807) is 0 Å². The average Bonchev–Trinajstić information content (AvgIpc) is 3.06. The molecule has 0 saturated carbocycles. The van der Waals surface area contributed by atoms with Gasteiger partial charge in [-0.25, -0.2) is 0 Å². The van der Waals surface area contributed by atoms with Gasteiger partial charge in [0.2, 0.25) is 0 Å². The molecular weight excluding hydrogens is 300 g/mol. The Labute approximate surface area is 146 Å². The lowest BCUT2D eigenvalue weighted by Crippen LogP contribution is -2.16. The lowest BCUT2D eigenvalue weighted by Gasteiger charge is -2.16. The van der Waals surface area contributed by atoms with Gasteiger partial charge in [0.15, 0.2) is 0 Å². The maximum absolute atomic E-state index is 2.40. The molecule has 0 aliphatic heterocycles. The Hall–Kier alpha value is -3.12. The minimum Gasteiger partial charge on any atom is -0.0716 e. The second-order valence-corrected chi connectivity index (χ2v) is 6.95.